The first-order chi connectivity index (χ1) is 8.11. The second-order valence-electron chi connectivity index (χ2n) is 4.15. The number of hydrogen-bond acceptors (Lipinski definition) is 2. The lowest BCUT2D eigenvalue weighted by Crippen LogP contribution is -2.04. The van der Waals surface area contributed by atoms with Gasteiger partial charge in [0.2, 0.25) is 0 Å². The average molecular weight is 250 g/mol. The zero-order valence-electron chi connectivity index (χ0n) is 10.3. The molecule has 90 valence electrons. The molecular weight excluding hydrogens is 234 g/mol. The number of hydrogen-bond donors (Lipinski definition) is 1. The third kappa shape index (κ3) is 2.51. The van der Waals surface area contributed by atoms with Crippen LogP contribution < -0.4 is 5.32 Å². The molecule has 1 aromatic heterocycles. The van der Waals surface area contributed by atoms with Gasteiger partial charge < -0.3 is 5.32 Å². The normalized spacial score (nSPS) is 10.8. The van der Waals surface area contributed by atoms with Crippen LogP contribution in [0.3, 0.4) is 0 Å². The first-order valence-corrected chi connectivity index (χ1v) is 5.93. The minimum Gasteiger partial charge on any atom is -0.316 e. The molecule has 0 unspecified atom stereocenters. The number of halogens is 1. The molecule has 2 rings (SSSR count). The molecule has 0 saturated carbocycles. The van der Waals surface area contributed by atoms with Crippen LogP contribution in [0.4, 0.5) is 0 Å². The molecule has 0 aliphatic carbocycles. The number of aromatic nitrogens is 2. The van der Waals surface area contributed by atoms with Gasteiger partial charge in [0.05, 0.1) is 5.69 Å². The summed E-state index contributed by atoms with van der Waals surface area (Å²) in [6.07, 6.45) is 1.99. The Labute approximate surface area is 106 Å². The Morgan fingerprint density at radius 2 is 2.12 bits per heavy atom. The Morgan fingerprint density at radius 1 is 1.35 bits per heavy atom. The molecule has 1 heterocycles. The van der Waals surface area contributed by atoms with Crippen LogP contribution in [0.5, 0.6) is 0 Å². The van der Waals surface area contributed by atoms with Crippen molar-refractivity contribution in [1.82, 2.24) is 15.1 Å². The molecule has 1 N–H and O–H groups in total. The second kappa shape index (κ2) is 4.90. The van der Waals surface area contributed by atoms with Gasteiger partial charge in [0.15, 0.2) is 0 Å². The van der Waals surface area contributed by atoms with E-state index in [1.165, 1.54) is 5.56 Å². The van der Waals surface area contributed by atoms with Gasteiger partial charge >= 0.3 is 0 Å². The van der Waals surface area contributed by atoms with Gasteiger partial charge in [-0.15, -0.1) is 0 Å². The van der Waals surface area contributed by atoms with E-state index in [1.807, 2.05) is 38.0 Å². The molecule has 0 saturated heterocycles. The van der Waals surface area contributed by atoms with Crippen molar-refractivity contribution in [3.8, 4) is 11.1 Å². The van der Waals surface area contributed by atoms with Crippen molar-refractivity contribution in [2.45, 2.75) is 13.5 Å². The molecule has 3 nitrogen and oxygen atoms in total. The maximum Gasteiger partial charge on any atom is 0.0672 e. The van der Waals surface area contributed by atoms with E-state index in [1.54, 1.807) is 0 Å². The summed E-state index contributed by atoms with van der Waals surface area (Å²) in [5.74, 6) is 0. The third-order valence-corrected chi connectivity index (χ3v) is 3.03. The minimum atomic E-state index is 0.772. The molecule has 0 spiro atoms. The largest absolute Gasteiger partial charge is 0.316 e. The molecule has 0 aliphatic heterocycles. The van der Waals surface area contributed by atoms with E-state index in [9.17, 15) is 0 Å². The lowest BCUT2D eigenvalue weighted by Gasteiger charge is -2.06. The molecule has 2 aromatic rings. The van der Waals surface area contributed by atoms with Crippen LogP contribution in [0.15, 0.2) is 24.4 Å². The summed E-state index contributed by atoms with van der Waals surface area (Å²) in [6.45, 7) is 2.82. The van der Waals surface area contributed by atoms with Gasteiger partial charge in [0, 0.05) is 35.9 Å². The van der Waals surface area contributed by atoms with Gasteiger partial charge in [-0.25, -0.2) is 0 Å². The molecule has 0 fully saturated rings. The Bertz CT molecular complexity index is 531. The van der Waals surface area contributed by atoms with Crippen LogP contribution in [-0.2, 0) is 13.6 Å². The summed E-state index contributed by atoms with van der Waals surface area (Å²) >= 11 is 6.32. The summed E-state index contributed by atoms with van der Waals surface area (Å²) < 4.78 is 1.81. The zero-order chi connectivity index (χ0) is 12.4. The molecule has 0 amide bonds. The summed E-state index contributed by atoms with van der Waals surface area (Å²) in [6, 6.07) is 6.14. The first-order valence-electron chi connectivity index (χ1n) is 5.55. The summed E-state index contributed by atoms with van der Waals surface area (Å²) in [7, 11) is 3.84. The van der Waals surface area contributed by atoms with Crippen LogP contribution >= 0.6 is 11.6 Å². The fourth-order valence-electron chi connectivity index (χ4n) is 1.96. The Morgan fingerprint density at radius 3 is 2.65 bits per heavy atom. The molecule has 0 radical (unpaired) electrons. The molecule has 0 bridgehead atoms. The van der Waals surface area contributed by atoms with Crippen molar-refractivity contribution in [3.05, 3.63) is 40.7 Å². The topological polar surface area (TPSA) is 29.9 Å². The average Bonchev–Trinajstić information content (AvgIpc) is 2.58. The van der Waals surface area contributed by atoms with Crippen molar-refractivity contribution in [2.75, 3.05) is 7.05 Å². The molecule has 17 heavy (non-hydrogen) atoms. The van der Waals surface area contributed by atoms with Gasteiger partial charge in [-0.1, -0.05) is 23.7 Å². The van der Waals surface area contributed by atoms with Crippen molar-refractivity contribution in [3.63, 3.8) is 0 Å². The van der Waals surface area contributed by atoms with Crippen molar-refractivity contribution in [1.29, 1.82) is 0 Å². The highest BCUT2D eigenvalue weighted by Crippen LogP contribution is 2.30. The maximum atomic E-state index is 6.32. The number of nitrogens with zero attached hydrogens (tertiary/aromatic N) is 2. The second-order valence-corrected chi connectivity index (χ2v) is 4.55. The lowest BCUT2D eigenvalue weighted by molar-refractivity contribution is 0.756. The van der Waals surface area contributed by atoms with E-state index < -0.39 is 0 Å². The Hall–Kier alpha value is -1.32. The van der Waals surface area contributed by atoms with Crippen LogP contribution in [0.1, 0.15) is 11.3 Å². The van der Waals surface area contributed by atoms with Crippen LogP contribution in [0, 0.1) is 6.92 Å². The van der Waals surface area contributed by atoms with E-state index in [-0.39, 0.29) is 0 Å². The smallest absolute Gasteiger partial charge is 0.0672 e. The zero-order valence-corrected chi connectivity index (χ0v) is 11.0. The van der Waals surface area contributed by atoms with E-state index in [0.717, 1.165) is 28.4 Å². The van der Waals surface area contributed by atoms with Gasteiger partial charge in [-0.3, -0.25) is 4.68 Å². The fourth-order valence-corrected chi connectivity index (χ4v) is 2.26. The quantitative estimate of drug-likeness (QED) is 0.907. The van der Waals surface area contributed by atoms with Crippen molar-refractivity contribution in [2.24, 2.45) is 7.05 Å². The third-order valence-electron chi connectivity index (χ3n) is 2.72. The van der Waals surface area contributed by atoms with E-state index in [2.05, 4.69) is 22.5 Å². The van der Waals surface area contributed by atoms with Gasteiger partial charge in [0.25, 0.3) is 0 Å². The van der Waals surface area contributed by atoms with E-state index in [4.69, 9.17) is 11.6 Å². The maximum absolute atomic E-state index is 6.32. The highest BCUT2D eigenvalue weighted by atomic mass is 35.5. The van der Waals surface area contributed by atoms with Crippen molar-refractivity contribution >= 4 is 11.6 Å². The van der Waals surface area contributed by atoms with E-state index >= 15 is 0 Å². The van der Waals surface area contributed by atoms with Gasteiger partial charge in [-0.05, 0) is 25.6 Å². The monoisotopic (exact) mass is 249 g/mol. The summed E-state index contributed by atoms with van der Waals surface area (Å²) in [5.41, 5.74) is 4.31. The highest BCUT2D eigenvalue weighted by Gasteiger charge is 2.10. The van der Waals surface area contributed by atoms with Gasteiger partial charge in [0.1, 0.15) is 0 Å². The predicted molar refractivity (Wildman–Crippen MR) is 71.2 cm³/mol. The van der Waals surface area contributed by atoms with Crippen LogP contribution in [0.25, 0.3) is 11.1 Å². The summed E-state index contributed by atoms with van der Waals surface area (Å²) in [4.78, 5) is 0. The van der Waals surface area contributed by atoms with Crippen LogP contribution in [0.2, 0.25) is 5.02 Å². The van der Waals surface area contributed by atoms with E-state index in [0.29, 0.717) is 0 Å². The SMILES string of the molecule is CNCc1ccc(-c2cn(C)nc2C)c(Cl)c1. The standard InChI is InChI=1S/C13H16ClN3/c1-9-12(8-17(3)16-9)11-5-4-10(7-15-2)6-13(11)14/h4-6,8,15H,7H2,1-3H3. The van der Waals surface area contributed by atoms with Gasteiger partial charge in [-0.2, -0.15) is 5.10 Å². The lowest BCUT2D eigenvalue weighted by atomic mass is 10.0. The molecule has 4 heteroatoms. The number of aryl methyl sites for hydroxylation is 2. The molecule has 0 atom stereocenters. The minimum absolute atomic E-state index is 0.772. The Kier molecular flexibility index (Phi) is 3.50. The fraction of sp³-hybridized carbons (Fsp3) is 0.308. The molecule has 0 aliphatic rings. The van der Waals surface area contributed by atoms with Crippen LogP contribution in [-0.4, -0.2) is 16.8 Å². The summed E-state index contributed by atoms with van der Waals surface area (Å²) in [5, 5.41) is 8.22. The number of rotatable bonds is 3. The van der Waals surface area contributed by atoms with Crippen molar-refractivity contribution < 1.29 is 0 Å². The molecular formula is C13H16ClN3. The number of nitrogens with one attached hydrogen (secondary N) is 1. The first kappa shape index (κ1) is 12.1. The number of benzene rings is 1. The Balaban J connectivity index is 2.43. The molecule has 1 aromatic carbocycles. The highest BCUT2D eigenvalue weighted by molar-refractivity contribution is 6.33. The predicted octanol–water partition coefficient (Wildman–Crippen LogP) is 2.77.